The van der Waals surface area contributed by atoms with Crippen LogP contribution in [0.1, 0.15) is 38.9 Å². The molecule has 84 valence electrons. The normalized spacial score (nSPS) is 12.9. The molecule has 0 spiro atoms. The topological polar surface area (TPSA) is 29.5 Å². The van der Waals surface area contributed by atoms with Crippen LogP contribution in [-0.4, -0.2) is 11.7 Å². The van der Waals surface area contributed by atoms with Crippen molar-refractivity contribution in [2.45, 2.75) is 33.3 Å². The molecule has 0 bridgehead atoms. The third kappa shape index (κ3) is 4.34. The Balaban J connectivity index is 2.43. The second kappa shape index (κ2) is 5.76. The number of benzene rings is 1. The van der Waals surface area contributed by atoms with Crippen LogP contribution < -0.4 is 4.74 Å². The van der Waals surface area contributed by atoms with Crippen LogP contribution >= 0.6 is 0 Å². The molecular formula is C13H20O2. The molecule has 0 aromatic heterocycles. The molecule has 1 aromatic carbocycles. The van der Waals surface area contributed by atoms with Gasteiger partial charge in [-0.25, -0.2) is 0 Å². The minimum atomic E-state index is -0.408. The van der Waals surface area contributed by atoms with Crippen LogP contribution in [0.15, 0.2) is 24.3 Å². The Morgan fingerprint density at radius 2 is 1.73 bits per heavy atom. The van der Waals surface area contributed by atoms with E-state index in [2.05, 4.69) is 13.8 Å². The largest absolute Gasteiger partial charge is 0.494 e. The van der Waals surface area contributed by atoms with Crippen molar-refractivity contribution in [3.05, 3.63) is 29.8 Å². The van der Waals surface area contributed by atoms with Crippen molar-refractivity contribution in [3.63, 3.8) is 0 Å². The van der Waals surface area contributed by atoms with Crippen LogP contribution in [0.3, 0.4) is 0 Å². The summed E-state index contributed by atoms with van der Waals surface area (Å²) in [5.74, 6) is 1.54. The lowest BCUT2D eigenvalue weighted by Gasteiger charge is -2.09. The molecule has 0 aliphatic rings. The molecule has 1 aromatic rings. The standard InChI is InChI=1S/C13H20O2/c1-10(2)8-9-15-13-6-4-12(5-7-13)11(3)14/h4-7,10-11,14H,8-9H2,1-3H3. The van der Waals surface area contributed by atoms with E-state index in [0.29, 0.717) is 5.92 Å². The molecule has 1 unspecified atom stereocenters. The van der Waals surface area contributed by atoms with E-state index in [1.54, 1.807) is 6.92 Å². The Morgan fingerprint density at radius 3 is 2.20 bits per heavy atom. The molecule has 0 aliphatic carbocycles. The van der Waals surface area contributed by atoms with Gasteiger partial charge in [0.15, 0.2) is 0 Å². The summed E-state index contributed by atoms with van der Waals surface area (Å²) in [6.07, 6.45) is 0.660. The number of rotatable bonds is 5. The van der Waals surface area contributed by atoms with E-state index >= 15 is 0 Å². The maximum Gasteiger partial charge on any atom is 0.119 e. The second-order valence-corrected chi connectivity index (χ2v) is 4.28. The van der Waals surface area contributed by atoms with Gasteiger partial charge in [0.1, 0.15) is 5.75 Å². The minimum absolute atomic E-state index is 0.408. The molecule has 0 heterocycles. The molecule has 1 rings (SSSR count). The predicted molar refractivity (Wildman–Crippen MR) is 62.0 cm³/mol. The van der Waals surface area contributed by atoms with Crippen LogP contribution in [0, 0.1) is 5.92 Å². The molecule has 0 radical (unpaired) electrons. The van der Waals surface area contributed by atoms with Gasteiger partial charge in [-0.3, -0.25) is 0 Å². The van der Waals surface area contributed by atoms with Gasteiger partial charge < -0.3 is 9.84 Å². The molecular weight excluding hydrogens is 188 g/mol. The van der Waals surface area contributed by atoms with Crippen molar-refractivity contribution in [3.8, 4) is 5.75 Å². The monoisotopic (exact) mass is 208 g/mol. The lowest BCUT2D eigenvalue weighted by Crippen LogP contribution is -2.01. The van der Waals surface area contributed by atoms with Gasteiger partial charge in [0.25, 0.3) is 0 Å². The summed E-state index contributed by atoms with van der Waals surface area (Å²) in [6, 6.07) is 7.61. The third-order valence-electron chi connectivity index (χ3n) is 2.33. The molecule has 2 nitrogen and oxygen atoms in total. The van der Waals surface area contributed by atoms with Crippen LogP contribution in [0.4, 0.5) is 0 Å². The maximum absolute atomic E-state index is 9.32. The highest BCUT2D eigenvalue weighted by molar-refractivity contribution is 5.28. The summed E-state index contributed by atoms with van der Waals surface area (Å²) in [4.78, 5) is 0. The zero-order chi connectivity index (χ0) is 11.3. The Bertz CT molecular complexity index is 275. The highest BCUT2D eigenvalue weighted by Crippen LogP contribution is 2.17. The fourth-order valence-electron chi connectivity index (χ4n) is 1.26. The Kier molecular flexibility index (Phi) is 4.63. The third-order valence-corrected chi connectivity index (χ3v) is 2.33. The van der Waals surface area contributed by atoms with Gasteiger partial charge in [0, 0.05) is 0 Å². The van der Waals surface area contributed by atoms with Crippen LogP contribution in [-0.2, 0) is 0 Å². The van der Waals surface area contributed by atoms with Gasteiger partial charge >= 0.3 is 0 Å². The van der Waals surface area contributed by atoms with E-state index in [-0.39, 0.29) is 0 Å². The highest BCUT2D eigenvalue weighted by atomic mass is 16.5. The molecule has 2 heteroatoms. The molecule has 0 fully saturated rings. The van der Waals surface area contributed by atoms with Gasteiger partial charge in [-0.1, -0.05) is 26.0 Å². The minimum Gasteiger partial charge on any atom is -0.494 e. The first-order valence-corrected chi connectivity index (χ1v) is 5.50. The zero-order valence-corrected chi connectivity index (χ0v) is 9.73. The van der Waals surface area contributed by atoms with Gasteiger partial charge in [-0.2, -0.15) is 0 Å². The molecule has 15 heavy (non-hydrogen) atoms. The highest BCUT2D eigenvalue weighted by Gasteiger charge is 2.01. The summed E-state index contributed by atoms with van der Waals surface area (Å²) in [5.41, 5.74) is 0.922. The zero-order valence-electron chi connectivity index (χ0n) is 9.73. The SMILES string of the molecule is CC(C)CCOc1ccc(C(C)O)cc1. The van der Waals surface area contributed by atoms with E-state index in [9.17, 15) is 5.11 Å². The lowest BCUT2D eigenvalue weighted by atomic mass is 10.1. The van der Waals surface area contributed by atoms with Crippen molar-refractivity contribution in [2.75, 3.05) is 6.61 Å². The average Bonchev–Trinajstić information content (AvgIpc) is 2.18. The predicted octanol–water partition coefficient (Wildman–Crippen LogP) is 3.16. The van der Waals surface area contributed by atoms with Crippen LogP contribution in [0.5, 0.6) is 5.75 Å². The van der Waals surface area contributed by atoms with E-state index in [1.165, 1.54) is 0 Å². The number of ether oxygens (including phenoxy) is 1. The average molecular weight is 208 g/mol. The second-order valence-electron chi connectivity index (χ2n) is 4.28. The summed E-state index contributed by atoms with van der Waals surface area (Å²) in [5, 5.41) is 9.32. The van der Waals surface area contributed by atoms with E-state index in [4.69, 9.17) is 4.74 Å². The molecule has 0 aliphatic heterocycles. The van der Waals surface area contributed by atoms with Crippen molar-refractivity contribution < 1.29 is 9.84 Å². The Labute approximate surface area is 91.9 Å². The first-order valence-electron chi connectivity index (χ1n) is 5.50. The molecule has 1 N–H and O–H groups in total. The quantitative estimate of drug-likeness (QED) is 0.805. The first-order chi connectivity index (χ1) is 7.09. The summed E-state index contributed by atoms with van der Waals surface area (Å²) in [6.45, 7) is 6.88. The summed E-state index contributed by atoms with van der Waals surface area (Å²) >= 11 is 0. The molecule has 0 amide bonds. The number of hydrogen-bond donors (Lipinski definition) is 1. The number of aliphatic hydroxyl groups is 1. The molecule has 0 saturated carbocycles. The van der Waals surface area contributed by atoms with Gasteiger partial charge in [0.2, 0.25) is 0 Å². The van der Waals surface area contributed by atoms with Crippen molar-refractivity contribution in [1.82, 2.24) is 0 Å². The smallest absolute Gasteiger partial charge is 0.119 e. The first kappa shape index (κ1) is 12.1. The van der Waals surface area contributed by atoms with Crippen LogP contribution in [0.25, 0.3) is 0 Å². The summed E-state index contributed by atoms with van der Waals surface area (Å²) < 4.78 is 5.57. The van der Waals surface area contributed by atoms with Gasteiger partial charge in [-0.05, 0) is 37.0 Å². The van der Waals surface area contributed by atoms with Crippen LogP contribution in [0.2, 0.25) is 0 Å². The Morgan fingerprint density at radius 1 is 1.13 bits per heavy atom. The fraction of sp³-hybridized carbons (Fsp3) is 0.538. The van der Waals surface area contributed by atoms with Crippen molar-refractivity contribution in [1.29, 1.82) is 0 Å². The lowest BCUT2D eigenvalue weighted by molar-refractivity contribution is 0.199. The maximum atomic E-state index is 9.32. The molecule has 1 atom stereocenters. The van der Waals surface area contributed by atoms with E-state index in [1.807, 2.05) is 24.3 Å². The number of aliphatic hydroxyl groups excluding tert-OH is 1. The fourth-order valence-corrected chi connectivity index (χ4v) is 1.26. The molecule has 0 saturated heterocycles. The summed E-state index contributed by atoms with van der Waals surface area (Å²) in [7, 11) is 0. The van der Waals surface area contributed by atoms with E-state index in [0.717, 1.165) is 24.3 Å². The van der Waals surface area contributed by atoms with Crippen molar-refractivity contribution >= 4 is 0 Å². The Hall–Kier alpha value is -1.02. The van der Waals surface area contributed by atoms with Gasteiger partial charge in [0.05, 0.1) is 12.7 Å². The van der Waals surface area contributed by atoms with Crippen molar-refractivity contribution in [2.24, 2.45) is 5.92 Å². The van der Waals surface area contributed by atoms with Gasteiger partial charge in [-0.15, -0.1) is 0 Å². The number of hydrogen-bond acceptors (Lipinski definition) is 2. The van der Waals surface area contributed by atoms with E-state index < -0.39 is 6.10 Å².